The molecule has 0 fully saturated rings. The van der Waals surface area contributed by atoms with E-state index in [0.717, 1.165) is 5.75 Å². The minimum atomic E-state index is -0.554. The second-order valence-electron chi connectivity index (χ2n) is 2.65. The Bertz CT molecular complexity index is 367. The molecule has 0 saturated carbocycles. The van der Waals surface area contributed by atoms with E-state index in [1.165, 1.54) is 6.19 Å². The van der Waals surface area contributed by atoms with Crippen LogP contribution in [0.2, 0.25) is 0 Å². The maximum absolute atomic E-state index is 10.9. The summed E-state index contributed by atoms with van der Waals surface area (Å²) >= 11 is 0. The SMILES string of the molecule is CCOc1ccc(NC(=O)NC#N)cc1. The zero-order valence-electron chi connectivity index (χ0n) is 8.28. The van der Waals surface area contributed by atoms with Gasteiger partial charge in [0.15, 0.2) is 6.19 Å². The molecule has 0 heterocycles. The first kappa shape index (κ1) is 10.9. The summed E-state index contributed by atoms with van der Waals surface area (Å²) in [6.45, 7) is 2.49. The molecule has 15 heavy (non-hydrogen) atoms. The Hall–Kier alpha value is -2.22. The number of nitrogens with zero attached hydrogens (tertiary/aromatic N) is 1. The Labute approximate surface area is 87.7 Å². The summed E-state index contributed by atoms with van der Waals surface area (Å²) in [6.07, 6.45) is 1.53. The molecule has 2 amide bonds. The van der Waals surface area contributed by atoms with E-state index in [1.807, 2.05) is 12.2 Å². The van der Waals surface area contributed by atoms with Gasteiger partial charge in [0.2, 0.25) is 0 Å². The molecule has 0 aliphatic rings. The van der Waals surface area contributed by atoms with Crippen molar-refractivity contribution in [1.29, 1.82) is 5.26 Å². The molecule has 0 unspecified atom stereocenters. The Morgan fingerprint density at radius 3 is 2.67 bits per heavy atom. The van der Waals surface area contributed by atoms with Crippen molar-refractivity contribution in [2.45, 2.75) is 6.92 Å². The maximum Gasteiger partial charge on any atom is 0.332 e. The molecule has 1 rings (SSSR count). The van der Waals surface area contributed by atoms with Gasteiger partial charge >= 0.3 is 6.03 Å². The van der Waals surface area contributed by atoms with E-state index in [1.54, 1.807) is 24.3 Å². The third-order valence-electron chi connectivity index (χ3n) is 1.59. The zero-order chi connectivity index (χ0) is 11.1. The maximum atomic E-state index is 10.9. The van der Waals surface area contributed by atoms with Crippen molar-refractivity contribution in [1.82, 2.24) is 5.32 Å². The van der Waals surface area contributed by atoms with E-state index in [2.05, 4.69) is 5.32 Å². The number of urea groups is 1. The summed E-state index contributed by atoms with van der Waals surface area (Å²) in [5.41, 5.74) is 0.603. The normalized spacial score (nSPS) is 8.80. The minimum absolute atomic E-state index is 0.554. The second-order valence-corrected chi connectivity index (χ2v) is 2.65. The number of carbonyl (C=O) groups is 1. The monoisotopic (exact) mass is 205 g/mol. The zero-order valence-corrected chi connectivity index (χ0v) is 8.28. The Morgan fingerprint density at radius 1 is 1.47 bits per heavy atom. The van der Waals surface area contributed by atoms with E-state index in [0.29, 0.717) is 12.3 Å². The summed E-state index contributed by atoms with van der Waals surface area (Å²) in [7, 11) is 0. The Balaban J connectivity index is 2.57. The summed E-state index contributed by atoms with van der Waals surface area (Å²) in [5, 5.41) is 12.6. The summed E-state index contributed by atoms with van der Waals surface area (Å²) in [5.74, 6) is 0.740. The summed E-state index contributed by atoms with van der Waals surface area (Å²) in [4.78, 5) is 10.9. The van der Waals surface area contributed by atoms with Gasteiger partial charge in [-0.15, -0.1) is 0 Å². The van der Waals surface area contributed by atoms with Gasteiger partial charge in [0, 0.05) is 5.69 Å². The molecule has 0 aliphatic carbocycles. The number of ether oxygens (including phenoxy) is 1. The number of nitrogens with one attached hydrogen (secondary N) is 2. The molecule has 0 aromatic heterocycles. The fraction of sp³-hybridized carbons (Fsp3) is 0.200. The van der Waals surface area contributed by atoms with Gasteiger partial charge in [0.1, 0.15) is 5.75 Å². The number of rotatable bonds is 3. The fourth-order valence-corrected chi connectivity index (χ4v) is 1.01. The minimum Gasteiger partial charge on any atom is -0.494 e. The van der Waals surface area contributed by atoms with E-state index >= 15 is 0 Å². The molecule has 1 aromatic rings. The second kappa shape index (κ2) is 5.50. The first-order valence-corrected chi connectivity index (χ1v) is 4.45. The number of amides is 2. The van der Waals surface area contributed by atoms with Crippen LogP contribution >= 0.6 is 0 Å². The molecule has 1 aromatic carbocycles. The molecular formula is C10H11N3O2. The molecule has 0 radical (unpaired) electrons. The molecule has 0 atom stereocenters. The Morgan fingerprint density at radius 2 is 2.13 bits per heavy atom. The van der Waals surface area contributed by atoms with Crippen molar-refractivity contribution in [3.05, 3.63) is 24.3 Å². The molecule has 78 valence electrons. The highest BCUT2D eigenvalue weighted by Crippen LogP contribution is 2.15. The highest BCUT2D eigenvalue weighted by molar-refractivity contribution is 5.90. The highest BCUT2D eigenvalue weighted by Gasteiger charge is 1.99. The number of hydrogen-bond donors (Lipinski definition) is 2. The topological polar surface area (TPSA) is 74.2 Å². The number of benzene rings is 1. The van der Waals surface area contributed by atoms with Crippen molar-refractivity contribution >= 4 is 11.7 Å². The van der Waals surface area contributed by atoms with E-state index in [4.69, 9.17) is 10.00 Å². The van der Waals surface area contributed by atoms with Gasteiger partial charge in [0.25, 0.3) is 0 Å². The molecule has 5 nitrogen and oxygen atoms in total. The van der Waals surface area contributed by atoms with Crippen molar-refractivity contribution in [3.8, 4) is 11.9 Å². The molecule has 0 saturated heterocycles. The van der Waals surface area contributed by atoms with E-state index < -0.39 is 6.03 Å². The van der Waals surface area contributed by atoms with Crippen molar-refractivity contribution in [2.75, 3.05) is 11.9 Å². The standard InChI is InChI=1S/C10H11N3O2/c1-2-15-9-5-3-8(4-6-9)13-10(14)12-7-11/h3-6H,2H2,1H3,(H2,12,13,14). The smallest absolute Gasteiger partial charge is 0.332 e. The highest BCUT2D eigenvalue weighted by atomic mass is 16.5. The molecular weight excluding hydrogens is 194 g/mol. The average Bonchev–Trinajstić information content (AvgIpc) is 2.22. The van der Waals surface area contributed by atoms with Crippen LogP contribution in [0.3, 0.4) is 0 Å². The third-order valence-corrected chi connectivity index (χ3v) is 1.59. The molecule has 0 bridgehead atoms. The first-order chi connectivity index (χ1) is 7.26. The number of carbonyl (C=O) groups excluding carboxylic acids is 1. The van der Waals surface area contributed by atoms with Crippen molar-refractivity contribution in [3.63, 3.8) is 0 Å². The van der Waals surface area contributed by atoms with Crippen LogP contribution < -0.4 is 15.4 Å². The number of anilines is 1. The third kappa shape index (κ3) is 3.56. The lowest BCUT2D eigenvalue weighted by Gasteiger charge is -2.05. The van der Waals surface area contributed by atoms with Crippen LogP contribution in [0, 0.1) is 11.5 Å². The lowest BCUT2D eigenvalue weighted by Crippen LogP contribution is -2.23. The van der Waals surface area contributed by atoms with Crippen molar-refractivity contribution < 1.29 is 9.53 Å². The molecule has 5 heteroatoms. The van der Waals surface area contributed by atoms with Gasteiger partial charge in [-0.1, -0.05) is 0 Å². The average molecular weight is 205 g/mol. The molecule has 2 N–H and O–H groups in total. The van der Waals surface area contributed by atoms with Crippen LogP contribution in [0.4, 0.5) is 10.5 Å². The quantitative estimate of drug-likeness (QED) is 0.582. The first-order valence-electron chi connectivity index (χ1n) is 4.45. The fourth-order valence-electron chi connectivity index (χ4n) is 1.01. The van der Waals surface area contributed by atoms with Gasteiger partial charge in [-0.05, 0) is 31.2 Å². The largest absolute Gasteiger partial charge is 0.494 e. The predicted molar refractivity (Wildman–Crippen MR) is 55.4 cm³/mol. The van der Waals surface area contributed by atoms with Crippen LogP contribution in [0.25, 0.3) is 0 Å². The van der Waals surface area contributed by atoms with Crippen LogP contribution in [0.5, 0.6) is 5.75 Å². The van der Waals surface area contributed by atoms with Crippen LogP contribution in [0.15, 0.2) is 24.3 Å². The van der Waals surface area contributed by atoms with Crippen LogP contribution in [-0.4, -0.2) is 12.6 Å². The van der Waals surface area contributed by atoms with E-state index in [9.17, 15) is 4.79 Å². The van der Waals surface area contributed by atoms with Gasteiger partial charge in [-0.3, -0.25) is 0 Å². The van der Waals surface area contributed by atoms with Gasteiger partial charge in [-0.25, -0.2) is 10.1 Å². The van der Waals surface area contributed by atoms with Crippen molar-refractivity contribution in [2.24, 2.45) is 0 Å². The number of hydrogen-bond acceptors (Lipinski definition) is 3. The predicted octanol–water partition coefficient (Wildman–Crippen LogP) is 1.69. The lowest BCUT2D eigenvalue weighted by molar-refractivity contribution is 0.255. The lowest BCUT2D eigenvalue weighted by atomic mass is 10.3. The van der Waals surface area contributed by atoms with Crippen LogP contribution in [-0.2, 0) is 0 Å². The van der Waals surface area contributed by atoms with Gasteiger partial charge in [-0.2, -0.15) is 5.26 Å². The summed E-state index contributed by atoms with van der Waals surface area (Å²) < 4.78 is 5.23. The number of nitriles is 1. The van der Waals surface area contributed by atoms with E-state index in [-0.39, 0.29) is 0 Å². The summed E-state index contributed by atoms with van der Waals surface area (Å²) in [6, 6.07) is 6.32. The van der Waals surface area contributed by atoms with Crippen LogP contribution in [0.1, 0.15) is 6.92 Å². The Kier molecular flexibility index (Phi) is 3.98. The molecule has 0 aliphatic heterocycles. The van der Waals surface area contributed by atoms with Gasteiger partial charge in [0.05, 0.1) is 6.61 Å². The van der Waals surface area contributed by atoms with Gasteiger partial charge < -0.3 is 10.1 Å². The molecule has 0 spiro atoms.